The number of hydrogen-bond donors (Lipinski definition) is 2. The maximum Gasteiger partial charge on any atom is 0.317 e. The topological polar surface area (TPSA) is 246 Å². The van der Waals surface area contributed by atoms with Crippen LogP contribution in [0.2, 0.25) is 0 Å². The van der Waals surface area contributed by atoms with Gasteiger partial charge in [-0.15, -0.1) is 12.3 Å². The van der Waals surface area contributed by atoms with Crippen LogP contribution < -0.4 is 20.2 Å². The van der Waals surface area contributed by atoms with Gasteiger partial charge in [-0.1, -0.05) is 39.0 Å². The lowest BCUT2D eigenvalue weighted by Gasteiger charge is -2.37. The van der Waals surface area contributed by atoms with E-state index in [0.29, 0.717) is 6.42 Å². The first kappa shape index (κ1) is 38.4. The van der Waals surface area contributed by atoms with E-state index in [1.54, 1.807) is 0 Å². The van der Waals surface area contributed by atoms with Crippen LogP contribution in [0.4, 0.5) is 0 Å². The van der Waals surface area contributed by atoms with Crippen molar-refractivity contribution in [1.29, 1.82) is 0 Å². The second-order valence-corrected chi connectivity index (χ2v) is 10.8. The summed E-state index contributed by atoms with van der Waals surface area (Å²) in [6.45, 7) is -0.0214. The molecule has 0 heterocycles. The Morgan fingerprint density at radius 3 is 1.83 bits per heavy atom. The van der Waals surface area contributed by atoms with Crippen LogP contribution in [0, 0.1) is 0 Å². The summed E-state index contributed by atoms with van der Waals surface area (Å²) in [6, 6.07) is -1.33. The number of carboxylic acid groups (broad SMARTS) is 4. The molecule has 0 aromatic rings. The normalized spacial score (nSPS) is 13.8. The van der Waals surface area contributed by atoms with Gasteiger partial charge in [-0.05, 0) is 6.42 Å². The molecule has 238 valence electrons. The van der Waals surface area contributed by atoms with Crippen molar-refractivity contribution >= 4 is 31.7 Å². The summed E-state index contributed by atoms with van der Waals surface area (Å²) in [5.74, 6) is -6.60. The molecule has 2 unspecified atom stereocenters. The van der Waals surface area contributed by atoms with Gasteiger partial charge in [0.2, 0.25) is 0 Å². The van der Waals surface area contributed by atoms with Crippen molar-refractivity contribution < 1.29 is 63.2 Å². The summed E-state index contributed by atoms with van der Waals surface area (Å²) >= 11 is 0. The van der Waals surface area contributed by atoms with Gasteiger partial charge >= 0.3 is 11.9 Å². The lowest BCUT2D eigenvalue weighted by molar-refractivity contribution is -0.311. The number of unbranched alkanes of at least 4 members (excludes halogenated alkanes) is 5. The summed E-state index contributed by atoms with van der Waals surface area (Å²) in [5.41, 5.74) is 0. The zero-order valence-electron chi connectivity index (χ0n) is 23.3. The Hall–Kier alpha value is -2.59. The maximum absolute atomic E-state index is 12.3. The molecule has 0 aliphatic carbocycles. The van der Waals surface area contributed by atoms with Crippen LogP contribution in [-0.4, -0.2) is 120 Å². The number of nitrogens with zero attached hydrogens (tertiary/aromatic N) is 3. The van der Waals surface area contributed by atoms with Crippen LogP contribution in [0.25, 0.3) is 0 Å². The minimum Gasteiger partial charge on any atom is -0.875 e. The minimum atomic E-state index is -4.91. The van der Waals surface area contributed by atoms with Crippen LogP contribution in [0.1, 0.15) is 45.4 Å². The molecule has 0 saturated carbocycles. The summed E-state index contributed by atoms with van der Waals surface area (Å²) in [4.78, 5) is 60.7. The van der Waals surface area contributed by atoms with Crippen molar-refractivity contribution in [3.8, 4) is 0 Å². The van der Waals surface area contributed by atoms with E-state index in [1.807, 2.05) is 0 Å². The Morgan fingerprint density at radius 2 is 1.32 bits per heavy atom. The highest BCUT2D eigenvalue weighted by Crippen LogP contribution is 2.38. The quantitative estimate of drug-likeness (QED) is 0.0525. The van der Waals surface area contributed by atoms with Crippen LogP contribution >= 0.6 is 7.82 Å². The highest BCUT2D eigenvalue weighted by Gasteiger charge is 2.26. The molecular weight excluding hydrogens is 569 g/mol. The van der Waals surface area contributed by atoms with Crippen LogP contribution in [0.5, 0.6) is 0 Å². The molecule has 0 rings (SSSR count). The zero-order chi connectivity index (χ0) is 31.4. The summed E-state index contributed by atoms with van der Waals surface area (Å²) in [5, 5.41) is 52.4. The molecule has 0 aromatic carbocycles. The maximum atomic E-state index is 12.3. The van der Waals surface area contributed by atoms with E-state index in [2.05, 4.69) is 13.5 Å². The predicted molar refractivity (Wildman–Crippen MR) is 136 cm³/mol. The number of phosphoric ester groups is 1. The molecule has 0 aliphatic rings. The third-order valence-electron chi connectivity index (χ3n) is 5.67. The number of carboxylic acids is 4. The molecule has 0 amide bonds. The van der Waals surface area contributed by atoms with Crippen molar-refractivity contribution in [1.82, 2.24) is 14.7 Å². The first-order chi connectivity index (χ1) is 19.1. The third kappa shape index (κ3) is 21.8. The lowest BCUT2D eigenvalue weighted by atomic mass is 10.1. The molecule has 0 spiro atoms. The fraction of sp³-hybridized carbons (Fsp3) is 0.750. The molecule has 41 heavy (non-hydrogen) atoms. The SMILES string of the molecule is C=C([O-])CN(CCN(CC(=O)O)CC(COP(=O)([O-])OCCCCCCCC)N(CC(=O)[O-])CC(=O)[O-])CC(=O)O. The van der Waals surface area contributed by atoms with Gasteiger partial charge in [0.25, 0.3) is 7.82 Å². The number of carbonyl (C=O) groups excluding carboxylic acids is 2. The predicted octanol–water partition coefficient (Wildman–Crippen LogP) is -3.33. The molecule has 2 N–H and O–H groups in total. The van der Waals surface area contributed by atoms with Crippen LogP contribution in [0.3, 0.4) is 0 Å². The first-order valence-electron chi connectivity index (χ1n) is 13.1. The van der Waals surface area contributed by atoms with Crippen molar-refractivity contribution in [3.63, 3.8) is 0 Å². The van der Waals surface area contributed by atoms with Gasteiger partial charge in [0.15, 0.2) is 0 Å². The monoisotopic (exact) mass is 609 g/mol. The van der Waals surface area contributed by atoms with E-state index >= 15 is 0 Å². The molecular formula is C24H40N3O13P-4. The van der Waals surface area contributed by atoms with E-state index in [1.165, 1.54) is 9.80 Å². The lowest BCUT2D eigenvalue weighted by Crippen LogP contribution is -2.55. The van der Waals surface area contributed by atoms with Crippen molar-refractivity contribution in [2.24, 2.45) is 0 Å². The highest BCUT2D eigenvalue weighted by molar-refractivity contribution is 7.45. The van der Waals surface area contributed by atoms with Gasteiger partial charge in [0, 0.05) is 45.3 Å². The molecule has 0 fully saturated rings. The molecule has 0 saturated heterocycles. The van der Waals surface area contributed by atoms with E-state index in [0.717, 1.165) is 37.0 Å². The van der Waals surface area contributed by atoms with Gasteiger partial charge in [-0.3, -0.25) is 28.9 Å². The Morgan fingerprint density at radius 1 is 0.805 bits per heavy atom. The number of phosphoric acid groups is 1. The van der Waals surface area contributed by atoms with E-state index in [-0.39, 0.29) is 26.2 Å². The van der Waals surface area contributed by atoms with Crippen molar-refractivity contribution in [2.45, 2.75) is 51.5 Å². The molecule has 0 aromatic heterocycles. The van der Waals surface area contributed by atoms with E-state index in [9.17, 15) is 49.1 Å². The second-order valence-electron chi connectivity index (χ2n) is 9.42. The van der Waals surface area contributed by atoms with Gasteiger partial charge in [-0.25, -0.2) is 0 Å². The molecule has 0 aliphatic heterocycles. The Labute approximate surface area is 239 Å². The Kier molecular flexibility index (Phi) is 19.8. The number of carbonyl (C=O) groups is 4. The smallest absolute Gasteiger partial charge is 0.317 e. The van der Waals surface area contributed by atoms with E-state index < -0.39 is 82.8 Å². The fourth-order valence-corrected chi connectivity index (χ4v) is 4.64. The minimum absolute atomic E-state index is 0.142. The van der Waals surface area contributed by atoms with Gasteiger partial charge in [-0.2, -0.15) is 0 Å². The number of aliphatic carboxylic acids is 4. The molecule has 17 heteroatoms. The van der Waals surface area contributed by atoms with Crippen molar-refractivity contribution in [2.75, 3.05) is 65.6 Å². The van der Waals surface area contributed by atoms with Crippen molar-refractivity contribution in [3.05, 3.63) is 12.3 Å². The summed E-state index contributed by atoms with van der Waals surface area (Å²) < 4.78 is 22.1. The average molecular weight is 610 g/mol. The number of rotatable bonds is 27. The van der Waals surface area contributed by atoms with Gasteiger partial charge < -0.3 is 49.1 Å². The molecule has 2 atom stereocenters. The second kappa shape index (κ2) is 21.2. The fourth-order valence-electron chi connectivity index (χ4n) is 3.85. The Bertz CT molecular complexity index is 857. The molecule has 0 bridgehead atoms. The molecule has 0 radical (unpaired) electrons. The average Bonchev–Trinajstić information content (AvgIpc) is 2.82. The van der Waals surface area contributed by atoms with E-state index in [4.69, 9.17) is 14.2 Å². The third-order valence-corrected chi connectivity index (χ3v) is 6.64. The largest absolute Gasteiger partial charge is 0.875 e. The summed E-state index contributed by atoms with van der Waals surface area (Å²) in [6.07, 6.45) is 5.19. The highest BCUT2D eigenvalue weighted by atomic mass is 31.2. The zero-order valence-corrected chi connectivity index (χ0v) is 24.2. The molecule has 16 nitrogen and oxygen atoms in total. The van der Waals surface area contributed by atoms with Gasteiger partial charge in [0.1, 0.15) is 0 Å². The van der Waals surface area contributed by atoms with Gasteiger partial charge in [0.05, 0.1) is 38.2 Å². The van der Waals surface area contributed by atoms with Crippen LogP contribution in [-0.2, 0) is 32.8 Å². The summed E-state index contributed by atoms with van der Waals surface area (Å²) in [7, 11) is -4.91. The van der Waals surface area contributed by atoms with Crippen LogP contribution in [0.15, 0.2) is 12.3 Å². The number of hydrogen-bond acceptors (Lipinski definition) is 14. The Balaban J connectivity index is 5.64. The first-order valence-corrected chi connectivity index (χ1v) is 14.6. The standard InChI is InChI=1S/C24H44N3O13P/c1-3-4-5-6-7-8-11-39-41(37,38)40-18-20(27(16-23(33)34)17-24(35)36)13-26(15-22(31)32)10-9-25(12-19(2)28)14-21(29)30/h20,28H,2-18H2,1H3,(H,29,30)(H,31,32)(H,33,34)(H,35,36)(H,37,38)/p-4.